The van der Waals surface area contributed by atoms with E-state index in [-0.39, 0.29) is 29.4 Å². The van der Waals surface area contributed by atoms with Gasteiger partial charge >= 0.3 is 6.18 Å². The molecule has 0 unspecified atom stereocenters. The number of fused-ring (bicyclic) bond motifs is 1. The molecule has 0 bridgehead atoms. The Hall–Kier alpha value is -3.90. The molecule has 1 amide bonds. The number of hydrogen-bond donors (Lipinski definition) is 2. The van der Waals surface area contributed by atoms with Gasteiger partial charge < -0.3 is 14.8 Å². The second kappa shape index (κ2) is 9.76. The number of carbonyl (C=O) groups is 1. The number of rotatable bonds is 6. The second-order valence-corrected chi connectivity index (χ2v) is 10.7. The number of sulfonamides is 1. The fourth-order valence-electron chi connectivity index (χ4n) is 4.45. The van der Waals surface area contributed by atoms with Gasteiger partial charge in [-0.2, -0.15) is 17.5 Å². The molecule has 1 atom stereocenters. The molecule has 1 aliphatic heterocycles. The topological polar surface area (TPSA) is 113 Å². The van der Waals surface area contributed by atoms with E-state index in [4.69, 9.17) is 4.42 Å². The molecule has 0 aliphatic carbocycles. The number of aromatic nitrogens is 1. The average molecular weight is 546 g/mol. The summed E-state index contributed by atoms with van der Waals surface area (Å²) in [5.74, 6) is -1.07. The Bertz CT molecular complexity index is 1580. The summed E-state index contributed by atoms with van der Waals surface area (Å²) in [6.45, 7) is 0.189. The molecular formula is C26H22F3N3O5S. The first-order valence-corrected chi connectivity index (χ1v) is 13.1. The predicted octanol–water partition coefficient (Wildman–Crippen LogP) is 4.69. The lowest BCUT2D eigenvalue weighted by Crippen LogP contribution is -2.45. The fourth-order valence-corrected chi connectivity index (χ4v) is 6.06. The zero-order valence-corrected chi connectivity index (χ0v) is 20.6. The van der Waals surface area contributed by atoms with Gasteiger partial charge in [0, 0.05) is 36.3 Å². The maximum atomic E-state index is 13.3. The minimum Gasteiger partial charge on any atom is -0.507 e. The van der Waals surface area contributed by atoms with Crippen molar-refractivity contribution in [2.75, 3.05) is 6.54 Å². The Morgan fingerprint density at radius 2 is 1.92 bits per heavy atom. The first-order valence-electron chi connectivity index (χ1n) is 11.7. The van der Waals surface area contributed by atoms with Crippen LogP contribution in [0.15, 0.2) is 76.4 Å². The maximum absolute atomic E-state index is 13.3. The predicted molar refractivity (Wildman–Crippen MR) is 131 cm³/mol. The van der Waals surface area contributed by atoms with Gasteiger partial charge in [-0.15, -0.1) is 0 Å². The number of phenols is 1. The molecule has 2 aromatic carbocycles. The van der Waals surface area contributed by atoms with Crippen LogP contribution in [-0.2, 0) is 27.5 Å². The Morgan fingerprint density at radius 1 is 1.13 bits per heavy atom. The zero-order chi connectivity index (χ0) is 27.1. The highest BCUT2D eigenvalue weighted by atomic mass is 32.2. The third kappa shape index (κ3) is 4.96. The Labute approximate surface area is 215 Å². The number of halogens is 3. The van der Waals surface area contributed by atoms with E-state index in [0.717, 1.165) is 16.4 Å². The minimum absolute atomic E-state index is 0.0186. The number of nitrogens with zero attached hydrogens (tertiary/aromatic N) is 2. The van der Waals surface area contributed by atoms with E-state index in [9.17, 15) is 31.5 Å². The standard InChI is InChI=1S/C26H22F3N3O5S/c27-26(28,29)18-7-8-19(22(33)14-18)20-12-16(9-10-30-20)15-31-25(34)21-5-3-11-32(21)38(35,36)24-13-17-4-1-2-6-23(17)37-24/h1-2,4,6-10,12-14,21,33H,3,5,11,15H2,(H,31,34)/t21-/m0/s1. The van der Waals surface area contributed by atoms with Crippen LogP contribution < -0.4 is 5.32 Å². The van der Waals surface area contributed by atoms with Crippen LogP contribution >= 0.6 is 0 Å². The van der Waals surface area contributed by atoms with Gasteiger partial charge in [-0.05, 0) is 54.8 Å². The van der Waals surface area contributed by atoms with Crippen LogP contribution in [0.2, 0.25) is 0 Å². The van der Waals surface area contributed by atoms with Crippen molar-refractivity contribution in [3.8, 4) is 17.0 Å². The van der Waals surface area contributed by atoms with E-state index in [1.165, 1.54) is 18.3 Å². The van der Waals surface area contributed by atoms with Gasteiger partial charge in [-0.25, -0.2) is 8.42 Å². The lowest BCUT2D eigenvalue weighted by molar-refractivity contribution is -0.137. The molecule has 0 radical (unpaired) electrons. The second-order valence-electron chi connectivity index (χ2n) is 8.87. The summed E-state index contributed by atoms with van der Waals surface area (Å²) in [6.07, 6.45) is -2.35. The third-order valence-corrected chi connectivity index (χ3v) is 8.13. The van der Waals surface area contributed by atoms with Crippen LogP contribution in [0.3, 0.4) is 0 Å². The summed E-state index contributed by atoms with van der Waals surface area (Å²) >= 11 is 0. The zero-order valence-electron chi connectivity index (χ0n) is 19.8. The molecule has 8 nitrogen and oxygen atoms in total. The number of alkyl halides is 3. The van der Waals surface area contributed by atoms with Crippen molar-refractivity contribution < 1.29 is 35.9 Å². The minimum atomic E-state index is -4.60. The third-order valence-electron chi connectivity index (χ3n) is 6.36. The molecule has 4 aromatic rings. The summed E-state index contributed by atoms with van der Waals surface area (Å²) in [6, 6.07) is 13.1. The SMILES string of the molecule is O=C(NCc1ccnc(-c2ccc(C(F)(F)F)cc2O)c1)[C@@H]1CCCN1S(=O)(=O)c1cc2ccccc2o1. The number of benzene rings is 2. The summed E-state index contributed by atoms with van der Waals surface area (Å²) < 4.78 is 71.9. The van der Waals surface area contributed by atoms with Gasteiger partial charge in [-0.1, -0.05) is 18.2 Å². The fraction of sp³-hybridized carbons (Fsp3) is 0.231. The summed E-state index contributed by atoms with van der Waals surface area (Å²) in [5.41, 5.74) is 0.329. The molecule has 1 saturated heterocycles. The molecule has 0 saturated carbocycles. The molecular weight excluding hydrogens is 523 g/mol. The van der Waals surface area contributed by atoms with Crippen LogP contribution in [0.4, 0.5) is 13.2 Å². The molecule has 0 spiro atoms. The molecule has 1 fully saturated rings. The van der Waals surface area contributed by atoms with Crippen molar-refractivity contribution in [2.45, 2.75) is 36.7 Å². The number of aromatic hydroxyl groups is 1. The lowest BCUT2D eigenvalue weighted by Gasteiger charge is -2.22. The smallest absolute Gasteiger partial charge is 0.416 e. The van der Waals surface area contributed by atoms with Crippen molar-refractivity contribution in [3.05, 3.63) is 78.0 Å². The van der Waals surface area contributed by atoms with Gasteiger partial charge in [0.2, 0.25) is 11.0 Å². The summed E-state index contributed by atoms with van der Waals surface area (Å²) in [4.78, 5) is 17.1. The maximum Gasteiger partial charge on any atom is 0.416 e. The first-order chi connectivity index (χ1) is 18.0. The molecule has 1 aliphatic rings. The van der Waals surface area contributed by atoms with E-state index in [0.29, 0.717) is 35.4 Å². The van der Waals surface area contributed by atoms with E-state index in [1.54, 1.807) is 30.3 Å². The number of phenolic OH excluding ortho intramolecular Hbond substituents is 1. The average Bonchev–Trinajstić information content (AvgIpc) is 3.55. The van der Waals surface area contributed by atoms with Crippen LogP contribution in [0.25, 0.3) is 22.2 Å². The van der Waals surface area contributed by atoms with Gasteiger partial charge in [0.15, 0.2) is 0 Å². The Balaban J connectivity index is 1.30. The first kappa shape index (κ1) is 25.7. The van der Waals surface area contributed by atoms with Crippen molar-refractivity contribution in [1.82, 2.24) is 14.6 Å². The number of para-hydroxylation sites is 1. The molecule has 38 heavy (non-hydrogen) atoms. The Kier molecular flexibility index (Phi) is 6.61. The van der Waals surface area contributed by atoms with Crippen LogP contribution in [-0.4, -0.2) is 41.3 Å². The lowest BCUT2D eigenvalue weighted by atomic mass is 10.0. The monoisotopic (exact) mass is 545 g/mol. The van der Waals surface area contributed by atoms with Crippen LogP contribution in [0, 0.1) is 0 Å². The van der Waals surface area contributed by atoms with Gasteiger partial charge in [0.05, 0.1) is 11.3 Å². The normalized spacial score (nSPS) is 16.7. The molecule has 2 N–H and O–H groups in total. The van der Waals surface area contributed by atoms with Crippen molar-refractivity contribution >= 4 is 26.9 Å². The van der Waals surface area contributed by atoms with Gasteiger partial charge in [-0.3, -0.25) is 9.78 Å². The highest BCUT2D eigenvalue weighted by Crippen LogP contribution is 2.36. The number of hydrogen-bond acceptors (Lipinski definition) is 6. The molecule has 2 aromatic heterocycles. The van der Waals surface area contributed by atoms with E-state index in [1.807, 2.05) is 0 Å². The van der Waals surface area contributed by atoms with E-state index < -0.39 is 39.5 Å². The van der Waals surface area contributed by atoms with Crippen molar-refractivity contribution in [2.24, 2.45) is 0 Å². The number of pyridine rings is 1. The van der Waals surface area contributed by atoms with Crippen molar-refractivity contribution in [3.63, 3.8) is 0 Å². The highest BCUT2D eigenvalue weighted by Gasteiger charge is 2.41. The van der Waals surface area contributed by atoms with E-state index >= 15 is 0 Å². The van der Waals surface area contributed by atoms with Crippen LogP contribution in [0.5, 0.6) is 5.75 Å². The Morgan fingerprint density at radius 3 is 2.66 bits per heavy atom. The number of furan rings is 1. The quantitative estimate of drug-likeness (QED) is 0.364. The number of carbonyl (C=O) groups excluding carboxylic acids is 1. The highest BCUT2D eigenvalue weighted by molar-refractivity contribution is 7.89. The van der Waals surface area contributed by atoms with Crippen molar-refractivity contribution in [1.29, 1.82) is 0 Å². The number of amides is 1. The molecule has 198 valence electrons. The number of nitrogens with one attached hydrogen (secondary N) is 1. The molecule has 12 heteroatoms. The van der Waals surface area contributed by atoms with E-state index in [2.05, 4.69) is 10.3 Å². The van der Waals surface area contributed by atoms with Crippen LogP contribution in [0.1, 0.15) is 24.0 Å². The summed E-state index contributed by atoms with van der Waals surface area (Å²) in [5, 5.41) is 13.3. The summed E-state index contributed by atoms with van der Waals surface area (Å²) in [7, 11) is -4.05. The van der Waals surface area contributed by atoms with Gasteiger partial charge in [0.25, 0.3) is 10.0 Å². The largest absolute Gasteiger partial charge is 0.507 e. The van der Waals surface area contributed by atoms with Gasteiger partial charge in [0.1, 0.15) is 17.4 Å². The molecule has 5 rings (SSSR count). The molecule has 3 heterocycles.